The van der Waals surface area contributed by atoms with Gasteiger partial charge in [0.15, 0.2) is 0 Å². The molecule has 2 aromatic carbocycles. The number of nitrogens with one attached hydrogen (secondary N) is 1. The lowest BCUT2D eigenvalue weighted by atomic mass is 9.89. The van der Waals surface area contributed by atoms with Gasteiger partial charge in [-0.1, -0.05) is 24.3 Å². The number of carbonyl (C=O) groups excluding carboxylic acids is 1. The molecular formula is C29H38N6O2. The third-order valence-corrected chi connectivity index (χ3v) is 7.22. The van der Waals surface area contributed by atoms with Gasteiger partial charge in [-0.25, -0.2) is 4.98 Å². The van der Waals surface area contributed by atoms with Crippen LogP contribution < -0.4 is 19.9 Å². The van der Waals surface area contributed by atoms with Gasteiger partial charge in [0.25, 0.3) is 0 Å². The van der Waals surface area contributed by atoms with Gasteiger partial charge in [-0.3, -0.25) is 4.79 Å². The van der Waals surface area contributed by atoms with Crippen molar-refractivity contribution in [3.63, 3.8) is 0 Å². The number of piperidine rings is 1. The Labute approximate surface area is 220 Å². The number of anilines is 4. The molecule has 0 radical (unpaired) electrons. The number of hydrogen-bond donors (Lipinski definition) is 1. The number of likely N-dealkylation sites (tertiary alicyclic amines) is 1. The number of para-hydroxylation sites is 1. The third kappa shape index (κ3) is 6.02. The van der Waals surface area contributed by atoms with Crippen LogP contribution in [-0.4, -0.2) is 62.6 Å². The van der Waals surface area contributed by atoms with Gasteiger partial charge in [0, 0.05) is 38.1 Å². The average Bonchev–Trinajstić information content (AvgIpc) is 2.89. The first-order valence-corrected chi connectivity index (χ1v) is 12.8. The molecule has 0 spiro atoms. The molecule has 196 valence electrons. The minimum absolute atomic E-state index is 0.410. The van der Waals surface area contributed by atoms with Crippen molar-refractivity contribution >= 4 is 29.6 Å². The molecule has 1 amide bonds. The van der Waals surface area contributed by atoms with Gasteiger partial charge in [0.1, 0.15) is 11.6 Å². The van der Waals surface area contributed by atoms with Crippen molar-refractivity contribution in [1.82, 2.24) is 14.9 Å². The predicted octanol–water partition coefficient (Wildman–Crippen LogP) is 4.88. The van der Waals surface area contributed by atoms with Crippen molar-refractivity contribution in [2.45, 2.75) is 39.2 Å². The van der Waals surface area contributed by atoms with E-state index in [-0.39, 0.29) is 0 Å². The fourth-order valence-electron chi connectivity index (χ4n) is 5.19. The van der Waals surface area contributed by atoms with Crippen LogP contribution in [0.5, 0.6) is 5.75 Å². The Hall–Kier alpha value is -3.65. The smallest absolute Gasteiger partial charge is 0.229 e. The lowest BCUT2D eigenvalue weighted by Crippen LogP contribution is -2.29. The SMILES string of the molecule is COc1cc(C2CCN(C)CC2)ccc1Nc1ncc(CN(C)c2c(C)cccc2C)c(N(C)C=O)n1. The highest BCUT2D eigenvalue weighted by Crippen LogP contribution is 2.35. The normalized spacial score (nSPS) is 14.3. The van der Waals surface area contributed by atoms with E-state index in [0.717, 1.165) is 49.3 Å². The summed E-state index contributed by atoms with van der Waals surface area (Å²) in [6.45, 7) is 6.99. The number of aryl methyl sites for hydroxylation is 2. The second-order valence-electron chi connectivity index (χ2n) is 10.0. The predicted molar refractivity (Wildman–Crippen MR) is 150 cm³/mol. The van der Waals surface area contributed by atoms with E-state index in [1.807, 2.05) is 13.1 Å². The molecule has 1 fully saturated rings. The molecule has 0 atom stereocenters. The number of amides is 1. The number of nitrogens with zero attached hydrogens (tertiary/aromatic N) is 5. The fraction of sp³-hybridized carbons (Fsp3) is 0.414. The molecule has 0 saturated carbocycles. The van der Waals surface area contributed by atoms with Gasteiger partial charge in [-0.2, -0.15) is 4.98 Å². The topological polar surface area (TPSA) is 73.8 Å². The van der Waals surface area contributed by atoms with Gasteiger partial charge in [-0.15, -0.1) is 0 Å². The summed E-state index contributed by atoms with van der Waals surface area (Å²) in [5.41, 5.74) is 6.50. The second-order valence-corrected chi connectivity index (χ2v) is 10.0. The van der Waals surface area contributed by atoms with E-state index in [2.05, 4.69) is 71.3 Å². The number of aromatic nitrogens is 2. The number of ether oxygens (including phenoxy) is 1. The van der Waals surface area contributed by atoms with Crippen LogP contribution in [-0.2, 0) is 11.3 Å². The molecular weight excluding hydrogens is 464 g/mol. The van der Waals surface area contributed by atoms with E-state index in [4.69, 9.17) is 9.72 Å². The molecule has 0 aliphatic carbocycles. The number of rotatable bonds is 9. The van der Waals surface area contributed by atoms with Gasteiger partial charge in [0.2, 0.25) is 12.4 Å². The minimum atomic E-state index is 0.410. The summed E-state index contributed by atoms with van der Waals surface area (Å²) in [6, 6.07) is 12.6. The summed E-state index contributed by atoms with van der Waals surface area (Å²) in [4.78, 5) is 27.0. The van der Waals surface area contributed by atoms with E-state index in [1.165, 1.54) is 27.3 Å². The van der Waals surface area contributed by atoms with Crippen LogP contribution in [0.25, 0.3) is 0 Å². The molecule has 0 unspecified atom stereocenters. The van der Waals surface area contributed by atoms with Crippen molar-refractivity contribution in [3.05, 3.63) is 64.8 Å². The highest BCUT2D eigenvalue weighted by molar-refractivity contribution is 5.75. The number of benzene rings is 2. The molecule has 1 aromatic heterocycles. The zero-order valence-electron chi connectivity index (χ0n) is 22.8. The molecule has 1 saturated heterocycles. The van der Waals surface area contributed by atoms with Gasteiger partial charge >= 0.3 is 0 Å². The van der Waals surface area contributed by atoms with E-state index >= 15 is 0 Å². The maximum atomic E-state index is 11.7. The molecule has 8 nitrogen and oxygen atoms in total. The quantitative estimate of drug-likeness (QED) is 0.418. The number of hydrogen-bond acceptors (Lipinski definition) is 7. The van der Waals surface area contributed by atoms with Crippen molar-refractivity contribution in [1.29, 1.82) is 0 Å². The lowest BCUT2D eigenvalue weighted by Gasteiger charge is -2.29. The molecule has 4 rings (SSSR count). The highest BCUT2D eigenvalue weighted by Gasteiger charge is 2.20. The summed E-state index contributed by atoms with van der Waals surface area (Å²) in [6.07, 6.45) is 4.85. The van der Waals surface area contributed by atoms with Crippen LogP contribution in [0.15, 0.2) is 42.6 Å². The first kappa shape index (κ1) is 26.4. The zero-order valence-corrected chi connectivity index (χ0v) is 22.8. The monoisotopic (exact) mass is 502 g/mol. The number of methoxy groups -OCH3 is 1. The standard InChI is InChI=1S/C29H38N6O2/c1-20-8-7-9-21(2)27(20)34(4)18-24-17-30-29(32-28(24)35(5)19-36)31-25-11-10-23(16-26(25)37-6)22-12-14-33(3)15-13-22/h7-11,16-17,19,22H,12-15,18H2,1-6H3,(H,30,31,32). The third-order valence-electron chi connectivity index (χ3n) is 7.22. The van der Waals surface area contributed by atoms with Crippen LogP contribution in [0.1, 0.15) is 41.0 Å². The van der Waals surface area contributed by atoms with Gasteiger partial charge in [-0.05, 0) is 81.6 Å². The Kier molecular flexibility index (Phi) is 8.28. The Balaban J connectivity index is 1.57. The van der Waals surface area contributed by atoms with Crippen molar-refractivity contribution < 1.29 is 9.53 Å². The molecule has 2 heterocycles. The van der Waals surface area contributed by atoms with Crippen LogP contribution in [0.3, 0.4) is 0 Å². The van der Waals surface area contributed by atoms with Gasteiger partial charge in [0.05, 0.1) is 12.8 Å². The Morgan fingerprint density at radius 3 is 2.49 bits per heavy atom. The van der Waals surface area contributed by atoms with Crippen LogP contribution in [0, 0.1) is 13.8 Å². The van der Waals surface area contributed by atoms with Gasteiger partial charge < -0.3 is 24.8 Å². The molecule has 1 N–H and O–H groups in total. The van der Waals surface area contributed by atoms with Crippen molar-refractivity contribution in [2.24, 2.45) is 0 Å². The van der Waals surface area contributed by atoms with Crippen molar-refractivity contribution in [2.75, 3.05) is 56.5 Å². The number of carbonyl (C=O) groups is 1. The molecule has 0 bridgehead atoms. The first-order valence-electron chi connectivity index (χ1n) is 12.8. The summed E-state index contributed by atoms with van der Waals surface area (Å²) < 4.78 is 5.72. The van der Waals surface area contributed by atoms with E-state index in [0.29, 0.717) is 24.2 Å². The maximum absolute atomic E-state index is 11.7. The zero-order chi connectivity index (χ0) is 26.5. The van der Waals surface area contributed by atoms with Crippen LogP contribution in [0.4, 0.5) is 23.1 Å². The molecule has 1 aliphatic heterocycles. The second kappa shape index (κ2) is 11.6. The summed E-state index contributed by atoms with van der Waals surface area (Å²) >= 11 is 0. The van der Waals surface area contributed by atoms with E-state index in [1.54, 1.807) is 20.4 Å². The summed E-state index contributed by atoms with van der Waals surface area (Å²) in [5.74, 6) is 2.26. The Morgan fingerprint density at radius 2 is 1.84 bits per heavy atom. The molecule has 8 heteroatoms. The summed E-state index contributed by atoms with van der Waals surface area (Å²) in [5, 5.41) is 3.30. The van der Waals surface area contributed by atoms with Crippen LogP contribution in [0.2, 0.25) is 0 Å². The Morgan fingerprint density at radius 1 is 1.14 bits per heavy atom. The first-order chi connectivity index (χ1) is 17.8. The lowest BCUT2D eigenvalue weighted by molar-refractivity contribution is -0.107. The molecule has 37 heavy (non-hydrogen) atoms. The highest BCUT2D eigenvalue weighted by atomic mass is 16.5. The van der Waals surface area contributed by atoms with E-state index in [9.17, 15) is 4.79 Å². The minimum Gasteiger partial charge on any atom is -0.495 e. The fourth-order valence-corrected chi connectivity index (χ4v) is 5.19. The van der Waals surface area contributed by atoms with Crippen molar-refractivity contribution in [3.8, 4) is 5.75 Å². The van der Waals surface area contributed by atoms with Crippen LogP contribution >= 0.6 is 0 Å². The molecule has 1 aliphatic rings. The largest absolute Gasteiger partial charge is 0.495 e. The summed E-state index contributed by atoms with van der Waals surface area (Å²) in [7, 11) is 7.60. The average molecular weight is 503 g/mol. The maximum Gasteiger partial charge on any atom is 0.229 e. The Bertz CT molecular complexity index is 1220. The van der Waals surface area contributed by atoms with E-state index < -0.39 is 0 Å². The molecule has 3 aromatic rings.